The van der Waals surface area contributed by atoms with E-state index in [4.69, 9.17) is 4.98 Å². The summed E-state index contributed by atoms with van der Waals surface area (Å²) in [6.07, 6.45) is 3.88. The lowest BCUT2D eigenvalue weighted by Crippen LogP contribution is -2.28. The van der Waals surface area contributed by atoms with Crippen molar-refractivity contribution in [3.8, 4) is 0 Å². The first-order valence-electron chi connectivity index (χ1n) is 6.65. The zero-order valence-corrected chi connectivity index (χ0v) is 11.9. The molecule has 1 N–H and O–H groups in total. The summed E-state index contributed by atoms with van der Waals surface area (Å²) in [7, 11) is 0. The first-order chi connectivity index (χ1) is 8.20. The summed E-state index contributed by atoms with van der Waals surface area (Å²) in [5.74, 6) is 0. The molecule has 2 rings (SSSR count). The zero-order valence-electron chi connectivity index (χ0n) is 11.1. The quantitative estimate of drug-likeness (QED) is 0.874. The van der Waals surface area contributed by atoms with Gasteiger partial charge in [-0.3, -0.25) is 0 Å². The molecule has 1 saturated heterocycles. The number of thiazole rings is 1. The van der Waals surface area contributed by atoms with Gasteiger partial charge >= 0.3 is 0 Å². The lowest BCUT2D eigenvalue weighted by molar-refractivity contribution is 0.582. The summed E-state index contributed by atoms with van der Waals surface area (Å²) in [5, 5.41) is 6.82. The number of aromatic nitrogens is 1. The Hall–Kier alpha value is -0.610. The molecule has 17 heavy (non-hydrogen) atoms. The van der Waals surface area contributed by atoms with Crippen molar-refractivity contribution < 1.29 is 0 Å². The standard InChI is InChI=1S/C13H23N3S/c1-4-12-6-5-7-16(12)13-15-11(9-17-13)8-14-10(2)3/h9-10,12,14H,4-8H2,1-3H3. The molecule has 2 heterocycles. The van der Waals surface area contributed by atoms with E-state index >= 15 is 0 Å². The van der Waals surface area contributed by atoms with Crippen LogP contribution in [-0.4, -0.2) is 23.6 Å². The molecule has 0 radical (unpaired) electrons. The SMILES string of the molecule is CCC1CCCN1c1nc(CNC(C)C)cs1. The third-order valence-corrected chi connectivity index (χ3v) is 4.25. The van der Waals surface area contributed by atoms with E-state index in [-0.39, 0.29) is 0 Å². The molecule has 0 bridgehead atoms. The molecule has 0 spiro atoms. The fraction of sp³-hybridized carbons (Fsp3) is 0.769. The van der Waals surface area contributed by atoms with Crippen LogP contribution in [0.15, 0.2) is 5.38 Å². The predicted molar refractivity (Wildman–Crippen MR) is 74.7 cm³/mol. The highest BCUT2D eigenvalue weighted by Crippen LogP contribution is 2.29. The van der Waals surface area contributed by atoms with E-state index in [1.165, 1.54) is 36.6 Å². The maximum absolute atomic E-state index is 4.74. The molecule has 0 aliphatic carbocycles. The van der Waals surface area contributed by atoms with Gasteiger partial charge in [0, 0.05) is 30.6 Å². The maximum Gasteiger partial charge on any atom is 0.185 e. The van der Waals surface area contributed by atoms with E-state index in [9.17, 15) is 0 Å². The molecular formula is C13H23N3S. The van der Waals surface area contributed by atoms with E-state index in [1.807, 2.05) is 0 Å². The van der Waals surface area contributed by atoms with Crippen LogP contribution >= 0.6 is 11.3 Å². The first kappa shape index (κ1) is 12.8. The molecule has 0 saturated carbocycles. The molecule has 1 atom stereocenters. The van der Waals surface area contributed by atoms with Gasteiger partial charge in [-0.25, -0.2) is 4.98 Å². The van der Waals surface area contributed by atoms with Crippen LogP contribution in [0.3, 0.4) is 0 Å². The molecule has 96 valence electrons. The van der Waals surface area contributed by atoms with Gasteiger partial charge in [-0.05, 0) is 19.3 Å². The van der Waals surface area contributed by atoms with Crippen molar-refractivity contribution >= 4 is 16.5 Å². The minimum Gasteiger partial charge on any atom is -0.345 e. The van der Waals surface area contributed by atoms with Crippen molar-refractivity contribution in [2.45, 2.75) is 58.7 Å². The van der Waals surface area contributed by atoms with E-state index in [2.05, 4.69) is 36.4 Å². The normalized spacial score (nSPS) is 20.5. The fourth-order valence-electron chi connectivity index (χ4n) is 2.33. The molecule has 1 fully saturated rings. The van der Waals surface area contributed by atoms with Crippen LogP contribution in [0.2, 0.25) is 0 Å². The summed E-state index contributed by atoms with van der Waals surface area (Å²) >= 11 is 1.79. The van der Waals surface area contributed by atoms with Crippen LogP contribution in [-0.2, 0) is 6.54 Å². The molecule has 0 amide bonds. The number of nitrogens with zero attached hydrogens (tertiary/aromatic N) is 2. The van der Waals surface area contributed by atoms with E-state index in [0.717, 1.165) is 6.54 Å². The van der Waals surface area contributed by atoms with Crippen LogP contribution in [0, 0.1) is 0 Å². The third kappa shape index (κ3) is 3.19. The van der Waals surface area contributed by atoms with Crippen molar-refractivity contribution in [2.24, 2.45) is 0 Å². The molecule has 4 heteroatoms. The third-order valence-electron chi connectivity index (χ3n) is 3.33. The summed E-state index contributed by atoms with van der Waals surface area (Å²) in [4.78, 5) is 7.23. The fourth-order valence-corrected chi connectivity index (χ4v) is 3.25. The van der Waals surface area contributed by atoms with Crippen LogP contribution in [0.5, 0.6) is 0 Å². The second-order valence-electron chi connectivity index (χ2n) is 5.05. The average molecular weight is 253 g/mol. The Bertz CT molecular complexity index is 348. The Balaban J connectivity index is 1.97. The van der Waals surface area contributed by atoms with Crippen molar-refractivity contribution in [3.05, 3.63) is 11.1 Å². The van der Waals surface area contributed by atoms with Crippen molar-refractivity contribution in [2.75, 3.05) is 11.4 Å². The lowest BCUT2D eigenvalue weighted by atomic mass is 10.2. The smallest absolute Gasteiger partial charge is 0.185 e. The van der Waals surface area contributed by atoms with Gasteiger partial charge in [-0.15, -0.1) is 11.3 Å². The van der Waals surface area contributed by atoms with Crippen LogP contribution in [0.25, 0.3) is 0 Å². The Labute approximate surface area is 108 Å². The molecule has 1 unspecified atom stereocenters. The van der Waals surface area contributed by atoms with E-state index < -0.39 is 0 Å². The molecular weight excluding hydrogens is 230 g/mol. The number of hydrogen-bond donors (Lipinski definition) is 1. The highest BCUT2D eigenvalue weighted by atomic mass is 32.1. The predicted octanol–water partition coefficient (Wildman–Crippen LogP) is 3.02. The molecule has 1 aliphatic rings. The van der Waals surface area contributed by atoms with Crippen molar-refractivity contribution in [1.29, 1.82) is 0 Å². The van der Waals surface area contributed by atoms with Gasteiger partial charge in [0.15, 0.2) is 5.13 Å². The van der Waals surface area contributed by atoms with E-state index in [1.54, 1.807) is 11.3 Å². The highest BCUT2D eigenvalue weighted by molar-refractivity contribution is 7.13. The second-order valence-corrected chi connectivity index (χ2v) is 5.89. The Morgan fingerprint density at radius 1 is 1.59 bits per heavy atom. The number of hydrogen-bond acceptors (Lipinski definition) is 4. The molecule has 3 nitrogen and oxygen atoms in total. The topological polar surface area (TPSA) is 28.2 Å². The first-order valence-corrected chi connectivity index (χ1v) is 7.53. The molecule has 0 aromatic carbocycles. The van der Waals surface area contributed by atoms with Gasteiger partial charge in [0.2, 0.25) is 0 Å². The average Bonchev–Trinajstić information content (AvgIpc) is 2.94. The second kappa shape index (κ2) is 5.83. The Morgan fingerprint density at radius 2 is 2.41 bits per heavy atom. The van der Waals surface area contributed by atoms with Crippen molar-refractivity contribution in [3.63, 3.8) is 0 Å². The largest absolute Gasteiger partial charge is 0.345 e. The van der Waals surface area contributed by atoms with Crippen LogP contribution < -0.4 is 10.2 Å². The Morgan fingerprint density at radius 3 is 3.12 bits per heavy atom. The minimum absolute atomic E-state index is 0.523. The maximum atomic E-state index is 4.74. The van der Waals surface area contributed by atoms with E-state index in [0.29, 0.717) is 12.1 Å². The van der Waals surface area contributed by atoms with Gasteiger partial charge in [0.1, 0.15) is 0 Å². The molecule has 1 aliphatic heterocycles. The van der Waals surface area contributed by atoms with Gasteiger partial charge in [-0.1, -0.05) is 20.8 Å². The lowest BCUT2D eigenvalue weighted by Gasteiger charge is -2.22. The highest BCUT2D eigenvalue weighted by Gasteiger charge is 2.25. The summed E-state index contributed by atoms with van der Waals surface area (Å²) in [5.41, 5.74) is 1.18. The van der Waals surface area contributed by atoms with Crippen LogP contribution in [0.4, 0.5) is 5.13 Å². The summed E-state index contributed by atoms with van der Waals surface area (Å²) in [6.45, 7) is 8.68. The monoisotopic (exact) mass is 253 g/mol. The zero-order chi connectivity index (χ0) is 12.3. The van der Waals surface area contributed by atoms with Gasteiger partial charge in [0.05, 0.1) is 5.69 Å². The minimum atomic E-state index is 0.523. The molecule has 1 aromatic rings. The number of anilines is 1. The van der Waals surface area contributed by atoms with Gasteiger partial charge in [-0.2, -0.15) is 0 Å². The van der Waals surface area contributed by atoms with Crippen molar-refractivity contribution in [1.82, 2.24) is 10.3 Å². The number of rotatable bonds is 5. The summed E-state index contributed by atoms with van der Waals surface area (Å²) < 4.78 is 0. The van der Waals surface area contributed by atoms with Gasteiger partial charge in [0.25, 0.3) is 0 Å². The van der Waals surface area contributed by atoms with Gasteiger partial charge < -0.3 is 10.2 Å². The summed E-state index contributed by atoms with van der Waals surface area (Å²) in [6, 6.07) is 1.24. The van der Waals surface area contributed by atoms with Crippen LogP contribution in [0.1, 0.15) is 45.7 Å². The number of nitrogens with one attached hydrogen (secondary N) is 1. The molecule has 1 aromatic heterocycles. The Kier molecular flexibility index (Phi) is 4.40.